The zero-order valence-corrected chi connectivity index (χ0v) is 16.5. The van der Waals surface area contributed by atoms with Crippen LogP contribution in [-0.4, -0.2) is 23.7 Å². The second kappa shape index (κ2) is 11.9. The molecule has 1 fully saturated rings. The Hall–Kier alpha value is -1.58. The molecule has 1 N–H and O–H groups in total. The number of rotatable bonds is 8. The summed E-state index contributed by atoms with van der Waals surface area (Å²) in [6, 6.07) is 0. The molecular formula is C21H36O4. The van der Waals surface area contributed by atoms with Gasteiger partial charge >= 0.3 is 11.9 Å². The van der Waals surface area contributed by atoms with Gasteiger partial charge in [0.1, 0.15) is 0 Å². The third-order valence-corrected chi connectivity index (χ3v) is 4.56. The Morgan fingerprint density at radius 2 is 1.88 bits per heavy atom. The molecule has 25 heavy (non-hydrogen) atoms. The van der Waals surface area contributed by atoms with Crippen molar-refractivity contribution >= 4 is 11.9 Å². The van der Waals surface area contributed by atoms with E-state index in [-0.39, 0.29) is 17.3 Å². The lowest BCUT2D eigenvalue weighted by atomic mass is 9.66. The van der Waals surface area contributed by atoms with E-state index in [1.165, 1.54) is 25.3 Å². The quantitative estimate of drug-likeness (QED) is 0.361. The number of carbonyl (C=O) groups is 2. The molecular weight excluding hydrogens is 316 g/mol. The summed E-state index contributed by atoms with van der Waals surface area (Å²) < 4.78 is 4.78. The Morgan fingerprint density at radius 3 is 2.36 bits per heavy atom. The number of unbranched alkanes of at least 4 members (excludes halogenated alkanes) is 3. The van der Waals surface area contributed by atoms with Gasteiger partial charge in [-0.1, -0.05) is 60.1 Å². The van der Waals surface area contributed by atoms with Gasteiger partial charge in [0.2, 0.25) is 0 Å². The minimum atomic E-state index is -0.833. The normalized spacial score (nSPS) is 21.4. The summed E-state index contributed by atoms with van der Waals surface area (Å²) in [6.45, 7) is 16.3. The third-order valence-electron chi connectivity index (χ3n) is 4.56. The smallest absolute Gasteiger partial charge is 0.331 e. The molecule has 0 spiro atoms. The maximum Gasteiger partial charge on any atom is 0.331 e. The van der Waals surface area contributed by atoms with Crippen molar-refractivity contribution in [2.24, 2.45) is 17.3 Å². The van der Waals surface area contributed by atoms with E-state index in [0.717, 1.165) is 25.7 Å². The monoisotopic (exact) mass is 352 g/mol. The van der Waals surface area contributed by atoms with Crippen LogP contribution in [0.3, 0.4) is 0 Å². The highest BCUT2D eigenvalue weighted by Gasteiger charge is 2.34. The number of carbonyl (C=O) groups excluding carboxylic acids is 1. The zero-order chi connectivity index (χ0) is 19.5. The van der Waals surface area contributed by atoms with Gasteiger partial charge in [0.05, 0.1) is 6.61 Å². The van der Waals surface area contributed by atoms with Crippen LogP contribution in [0.1, 0.15) is 72.6 Å². The van der Waals surface area contributed by atoms with Crippen LogP contribution in [0.15, 0.2) is 24.8 Å². The molecule has 0 saturated heterocycles. The first-order chi connectivity index (χ1) is 11.6. The first-order valence-corrected chi connectivity index (χ1v) is 9.34. The minimum absolute atomic E-state index is 0.172. The molecule has 0 aromatic rings. The molecule has 0 aromatic carbocycles. The largest absolute Gasteiger partial charge is 0.478 e. The number of hydrogen-bond donors (Lipinski definition) is 1. The van der Waals surface area contributed by atoms with E-state index in [9.17, 15) is 9.59 Å². The van der Waals surface area contributed by atoms with E-state index in [2.05, 4.69) is 40.9 Å². The molecule has 0 radical (unpaired) electrons. The molecule has 4 nitrogen and oxygen atoms in total. The Balaban J connectivity index is 0.000000477. The van der Waals surface area contributed by atoms with E-state index in [4.69, 9.17) is 9.84 Å². The number of esters is 1. The fraction of sp³-hybridized carbons (Fsp3) is 0.714. The van der Waals surface area contributed by atoms with E-state index < -0.39 is 5.97 Å². The molecule has 0 aromatic heterocycles. The van der Waals surface area contributed by atoms with E-state index in [0.29, 0.717) is 18.1 Å². The molecule has 0 bridgehead atoms. The van der Waals surface area contributed by atoms with Gasteiger partial charge in [-0.2, -0.15) is 0 Å². The molecule has 1 aliphatic carbocycles. The maximum absolute atomic E-state index is 10.8. The van der Waals surface area contributed by atoms with Crippen molar-refractivity contribution in [1.29, 1.82) is 0 Å². The second-order valence-corrected chi connectivity index (χ2v) is 7.87. The van der Waals surface area contributed by atoms with Crippen molar-refractivity contribution in [2.75, 3.05) is 6.61 Å². The summed E-state index contributed by atoms with van der Waals surface area (Å²) in [6.07, 6.45) is 8.85. The summed E-state index contributed by atoms with van der Waals surface area (Å²) in [4.78, 5) is 21.3. The van der Waals surface area contributed by atoms with E-state index >= 15 is 0 Å². The van der Waals surface area contributed by atoms with Crippen LogP contribution in [0, 0.1) is 17.3 Å². The predicted octanol–water partition coefficient (Wildman–Crippen LogP) is 5.39. The fourth-order valence-electron chi connectivity index (χ4n) is 3.55. The lowest BCUT2D eigenvalue weighted by molar-refractivity contribution is -0.138. The summed E-state index contributed by atoms with van der Waals surface area (Å²) in [5, 5.41) is 8.89. The Bertz CT molecular complexity index is 451. The Labute approximate surface area is 153 Å². The van der Waals surface area contributed by atoms with Crippen LogP contribution in [0.4, 0.5) is 0 Å². The number of carboxylic acids is 1. The van der Waals surface area contributed by atoms with E-state index in [1.54, 1.807) is 0 Å². The molecule has 1 rings (SSSR count). The molecule has 2 atom stereocenters. The van der Waals surface area contributed by atoms with Crippen LogP contribution in [0.5, 0.6) is 0 Å². The molecule has 0 amide bonds. The minimum Gasteiger partial charge on any atom is -0.478 e. The van der Waals surface area contributed by atoms with Crippen molar-refractivity contribution in [3.8, 4) is 0 Å². The van der Waals surface area contributed by atoms with Crippen LogP contribution < -0.4 is 0 Å². The summed E-state index contributed by atoms with van der Waals surface area (Å²) in [5.74, 6) is -0.368. The number of aliphatic carboxylic acids is 1. The van der Waals surface area contributed by atoms with Crippen molar-refractivity contribution in [2.45, 2.75) is 72.6 Å². The topological polar surface area (TPSA) is 63.6 Å². The van der Waals surface area contributed by atoms with Gasteiger partial charge in [0, 0.05) is 11.6 Å². The van der Waals surface area contributed by atoms with Crippen molar-refractivity contribution in [1.82, 2.24) is 0 Å². The predicted molar refractivity (Wildman–Crippen MR) is 102 cm³/mol. The zero-order valence-electron chi connectivity index (χ0n) is 16.5. The lowest BCUT2D eigenvalue weighted by Gasteiger charge is -2.39. The highest BCUT2D eigenvalue weighted by molar-refractivity contribution is 5.86. The number of ether oxygens (including phenoxy) is 1. The summed E-state index contributed by atoms with van der Waals surface area (Å²) in [7, 11) is 0. The standard InChI is InChI=1S/C12H20O2.C9H16O2/c1-8-5-10(9(2)11(13)14)7-12(3,4)6-8;1-3-5-6-7-8-11-9(10)4-2/h8,10H,2,5-7H2,1,3-4H3,(H,13,14);4H,2-3,5-8H2,1H3. The SMILES string of the molecule is C=C(C(=O)O)C1CC(C)CC(C)(C)C1.C=CC(=O)OCCCCCC. The second-order valence-electron chi connectivity index (χ2n) is 7.87. The van der Waals surface area contributed by atoms with Gasteiger partial charge in [-0.3, -0.25) is 0 Å². The van der Waals surface area contributed by atoms with Gasteiger partial charge in [-0.05, 0) is 42.9 Å². The molecule has 0 aliphatic heterocycles. The average Bonchev–Trinajstić information content (AvgIpc) is 2.52. The van der Waals surface area contributed by atoms with Gasteiger partial charge in [-0.25, -0.2) is 9.59 Å². The van der Waals surface area contributed by atoms with Gasteiger partial charge in [0.15, 0.2) is 0 Å². The van der Waals surface area contributed by atoms with Crippen LogP contribution in [-0.2, 0) is 14.3 Å². The van der Waals surface area contributed by atoms with Gasteiger partial charge < -0.3 is 9.84 Å². The average molecular weight is 353 g/mol. The molecule has 144 valence electrons. The van der Waals surface area contributed by atoms with Crippen molar-refractivity contribution in [3.05, 3.63) is 24.8 Å². The highest BCUT2D eigenvalue weighted by Crippen LogP contribution is 2.43. The lowest BCUT2D eigenvalue weighted by Crippen LogP contribution is -2.30. The fourth-order valence-corrected chi connectivity index (χ4v) is 3.55. The molecule has 2 unspecified atom stereocenters. The van der Waals surface area contributed by atoms with Crippen LogP contribution in [0.25, 0.3) is 0 Å². The molecule has 0 heterocycles. The summed E-state index contributed by atoms with van der Waals surface area (Å²) in [5.41, 5.74) is 0.658. The molecule has 1 aliphatic rings. The Kier molecular flexibility index (Phi) is 11.1. The third kappa shape index (κ3) is 10.8. The van der Waals surface area contributed by atoms with Crippen LogP contribution in [0.2, 0.25) is 0 Å². The first kappa shape index (κ1) is 23.4. The number of hydrogen-bond acceptors (Lipinski definition) is 3. The Morgan fingerprint density at radius 1 is 1.24 bits per heavy atom. The van der Waals surface area contributed by atoms with Crippen molar-refractivity contribution < 1.29 is 19.4 Å². The highest BCUT2D eigenvalue weighted by atomic mass is 16.5. The van der Waals surface area contributed by atoms with Gasteiger partial charge in [-0.15, -0.1) is 0 Å². The number of carboxylic acid groups (broad SMARTS) is 1. The molecule has 4 heteroatoms. The molecule has 1 saturated carbocycles. The van der Waals surface area contributed by atoms with Gasteiger partial charge in [0.25, 0.3) is 0 Å². The van der Waals surface area contributed by atoms with E-state index in [1.807, 2.05) is 0 Å². The maximum atomic E-state index is 10.8. The first-order valence-electron chi connectivity index (χ1n) is 9.34. The van der Waals surface area contributed by atoms with Crippen molar-refractivity contribution in [3.63, 3.8) is 0 Å². The van der Waals surface area contributed by atoms with Crippen LogP contribution >= 0.6 is 0 Å². The summed E-state index contributed by atoms with van der Waals surface area (Å²) >= 11 is 0.